The van der Waals surface area contributed by atoms with Crippen LogP contribution in [-0.4, -0.2) is 25.7 Å². The van der Waals surface area contributed by atoms with E-state index in [2.05, 4.69) is 10.3 Å². The second kappa shape index (κ2) is 4.49. The van der Waals surface area contributed by atoms with Gasteiger partial charge in [0.2, 0.25) is 0 Å². The molecule has 0 aliphatic carbocycles. The molecule has 1 unspecified atom stereocenters. The van der Waals surface area contributed by atoms with E-state index in [-0.39, 0.29) is 0 Å². The second-order valence-corrected chi connectivity index (χ2v) is 3.61. The molecule has 2 rings (SSSR count). The number of ether oxygens (including phenoxy) is 2. The van der Waals surface area contributed by atoms with Crippen LogP contribution in [0.1, 0.15) is 24.4 Å². The number of aromatic nitrogens is 1. The number of rotatable bonds is 3. The summed E-state index contributed by atoms with van der Waals surface area (Å²) in [4.78, 5) is 4.08. The van der Waals surface area contributed by atoms with Crippen LogP contribution in [-0.2, 0) is 0 Å². The highest BCUT2D eigenvalue weighted by Crippen LogP contribution is 2.36. The van der Waals surface area contributed by atoms with Crippen molar-refractivity contribution in [2.75, 3.05) is 20.8 Å². The number of nitrogens with one attached hydrogen (secondary N) is 1. The Labute approximate surface area is 89.6 Å². The molecule has 1 aliphatic rings. The Bertz CT molecular complexity index is 313. The van der Waals surface area contributed by atoms with Gasteiger partial charge in [-0.2, -0.15) is 0 Å². The minimum Gasteiger partial charge on any atom is -0.495 e. The van der Waals surface area contributed by atoms with Crippen molar-refractivity contribution in [3.05, 3.63) is 18.0 Å². The number of hydrogen-bond acceptors (Lipinski definition) is 4. The SMILES string of the molecule is COc1cncc(OC)c1C1CCCN1. The molecule has 4 nitrogen and oxygen atoms in total. The molecule has 1 atom stereocenters. The molecule has 82 valence electrons. The maximum Gasteiger partial charge on any atom is 0.145 e. The standard InChI is InChI=1S/C11H16N2O2/c1-14-9-6-12-7-10(15-2)11(9)8-4-3-5-13-8/h6-8,13H,3-5H2,1-2H3. The van der Waals surface area contributed by atoms with Crippen LogP contribution in [0.4, 0.5) is 0 Å². The van der Waals surface area contributed by atoms with E-state index in [1.54, 1.807) is 26.6 Å². The molecule has 15 heavy (non-hydrogen) atoms. The van der Waals surface area contributed by atoms with Gasteiger partial charge in [-0.25, -0.2) is 0 Å². The fraction of sp³-hybridized carbons (Fsp3) is 0.545. The van der Waals surface area contributed by atoms with Gasteiger partial charge in [-0.3, -0.25) is 4.98 Å². The van der Waals surface area contributed by atoms with Crippen LogP contribution in [0.2, 0.25) is 0 Å². The molecule has 1 N–H and O–H groups in total. The third-order valence-corrected chi connectivity index (χ3v) is 2.76. The van der Waals surface area contributed by atoms with Gasteiger partial charge in [-0.05, 0) is 19.4 Å². The van der Waals surface area contributed by atoms with Gasteiger partial charge in [0.1, 0.15) is 11.5 Å². The molecule has 0 saturated carbocycles. The van der Waals surface area contributed by atoms with Gasteiger partial charge in [-0.1, -0.05) is 0 Å². The Morgan fingerprint density at radius 2 is 1.93 bits per heavy atom. The molecular weight excluding hydrogens is 192 g/mol. The first-order valence-electron chi connectivity index (χ1n) is 5.16. The molecule has 0 amide bonds. The Hall–Kier alpha value is -1.29. The van der Waals surface area contributed by atoms with Crippen molar-refractivity contribution in [1.82, 2.24) is 10.3 Å². The summed E-state index contributed by atoms with van der Waals surface area (Å²) in [6.45, 7) is 1.05. The Kier molecular flexibility index (Phi) is 3.06. The molecule has 1 fully saturated rings. The molecule has 2 heterocycles. The lowest BCUT2D eigenvalue weighted by molar-refractivity contribution is 0.372. The molecular formula is C11H16N2O2. The van der Waals surface area contributed by atoms with Crippen LogP contribution in [0.5, 0.6) is 11.5 Å². The van der Waals surface area contributed by atoms with Gasteiger partial charge < -0.3 is 14.8 Å². The van der Waals surface area contributed by atoms with Gasteiger partial charge >= 0.3 is 0 Å². The fourth-order valence-electron chi connectivity index (χ4n) is 2.03. The maximum absolute atomic E-state index is 5.32. The highest BCUT2D eigenvalue weighted by molar-refractivity contribution is 5.44. The summed E-state index contributed by atoms with van der Waals surface area (Å²) < 4.78 is 10.6. The topological polar surface area (TPSA) is 43.4 Å². The zero-order chi connectivity index (χ0) is 10.7. The van der Waals surface area contributed by atoms with Crippen LogP contribution >= 0.6 is 0 Å². The lowest BCUT2D eigenvalue weighted by Gasteiger charge is -2.17. The first-order chi connectivity index (χ1) is 7.36. The van der Waals surface area contributed by atoms with E-state index in [9.17, 15) is 0 Å². The molecule has 4 heteroatoms. The van der Waals surface area contributed by atoms with Gasteiger partial charge in [-0.15, -0.1) is 0 Å². The molecule has 0 aromatic carbocycles. The Morgan fingerprint density at radius 1 is 1.27 bits per heavy atom. The van der Waals surface area contributed by atoms with Crippen molar-refractivity contribution < 1.29 is 9.47 Å². The zero-order valence-corrected chi connectivity index (χ0v) is 9.12. The smallest absolute Gasteiger partial charge is 0.145 e. The van der Waals surface area contributed by atoms with E-state index in [0.29, 0.717) is 6.04 Å². The minimum atomic E-state index is 0.331. The highest BCUT2D eigenvalue weighted by Gasteiger charge is 2.23. The van der Waals surface area contributed by atoms with E-state index in [0.717, 1.165) is 30.0 Å². The second-order valence-electron chi connectivity index (χ2n) is 3.61. The number of nitrogens with zero attached hydrogens (tertiary/aromatic N) is 1. The van der Waals surface area contributed by atoms with Gasteiger partial charge in [0.15, 0.2) is 0 Å². The van der Waals surface area contributed by atoms with Crippen LogP contribution in [0.15, 0.2) is 12.4 Å². The number of pyridine rings is 1. The molecule has 0 bridgehead atoms. The van der Waals surface area contributed by atoms with Gasteiger partial charge in [0.25, 0.3) is 0 Å². The largest absolute Gasteiger partial charge is 0.495 e. The van der Waals surface area contributed by atoms with Gasteiger partial charge in [0.05, 0.1) is 32.2 Å². The predicted molar refractivity (Wildman–Crippen MR) is 57.3 cm³/mol. The summed E-state index contributed by atoms with van der Waals surface area (Å²) in [5, 5.41) is 3.43. The van der Waals surface area contributed by atoms with E-state index in [1.165, 1.54) is 6.42 Å². The average Bonchev–Trinajstić information content (AvgIpc) is 2.81. The first-order valence-corrected chi connectivity index (χ1v) is 5.16. The minimum absolute atomic E-state index is 0.331. The van der Waals surface area contributed by atoms with E-state index in [4.69, 9.17) is 9.47 Å². The Balaban J connectivity index is 2.39. The molecule has 0 radical (unpaired) electrons. The van der Waals surface area contributed by atoms with Gasteiger partial charge in [0, 0.05) is 6.04 Å². The van der Waals surface area contributed by atoms with Crippen LogP contribution in [0, 0.1) is 0 Å². The summed E-state index contributed by atoms with van der Waals surface area (Å²) in [5.41, 5.74) is 1.09. The predicted octanol–water partition coefficient (Wildman–Crippen LogP) is 1.52. The molecule has 1 aliphatic heterocycles. The van der Waals surface area contributed by atoms with Crippen LogP contribution in [0.3, 0.4) is 0 Å². The summed E-state index contributed by atoms with van der Waals surface area (Å²) in [6.07, 6.45) is 5.78. The first kappa shape index (κ1) is 10.2. The monoisotopic (exact) mass is 208 g/mol. The van der Waals surface area contributed by atoms with E-state index in [1.807, 2.05) is 0 Å². The summed E-state index contributed by atoms with van der Waals surface area (Å²) in [5.74, 6) is 1.60. The maximum atomic E-state index is 5.32. The molecule has 1 aromatic heterocycles. The molecule has 1 aromatic rings. The summed E-state index contributed by atoms with van der Waals surface area (Å²) in [7, 11) is 3.32. The summed E-state index contributed by atoms with van der Waals surface area (Å²) in [6, 6.07) is 0.331. The van der Waals surface area contributed by atoms with Crippen molar-refractivity contribution in [3.8, 4) is 11.5 Å². The van der Waals surface area contributed by atoms with Crippen LogP contribution in [0.25, 0.3) is 0 Å². The highest BCUT2D eigenvalue weighted by atomic mass is 16.5. The quantitative estimate of drug-likeness (QED) is 0.818. The van der Waals surface area contributed by atoms with Crippen molar-refractivity contribution in [1.29, 1.82) is 0 Å². The number of hydrogen-bond donors (Lipinski definition) is 1. The van der Waals surface area contributed by atoms with E-state index < -0.39 is 0 Å². The number of methoxy groups -OCH3 is 2. The average molecular weight is 208 g/mol. The van der Waals surface area contributed by atoms with Crippen molar-refractivity contribution in [3.63, 3.8) is 0 Å². The van der Waals surface area contributed by atoms with Crippen molar-refractivity contribution >= 4 is 0 Å². The van der Waals surface area contributed by atoms with Crippen LogP contribution < -0.4 is 14.8 Å². The Morgan fingerprint density at radius 3 is 2.40 bits per heavy atom. The van der Waals surface area contributed by atoms with Crippen molar-refractivity contribution in [2.24, 2.45) is 0 Å². The lowest BCUT2D eigenvalue weighted by Crippen LogP contribution is -2.15. The summed E-state index contributed by atoms with van der Waals surface area (Å²) >= 11 is 0. The molecule has 0 spiro atoms. The van der Waals surface area contributed by atoms with Crippen molar-refractivity contribution in [2.45, 2.75) is 18.9 Å². The third-order valence-electron chi connectivity index (χ3n) is 2.76. The third kappa shape index (κ3) is 1.90. The fourth-order valence-corrected chi connectivity index (χ4v) is 2.03. The normalized spacial score (nSPS) is 20.3. The lowest BCUT2D eigenvalue weighted by atomic mass is 10.0. The zero-order valence-electron chi connectivity index (χ0n) is 9.12. The van der Waals surface area contributed by atoms with E-state index >= 15 is 0 Å². The molecule has 1 saturated heterocycles.